The first-order chi connectivity index (χ1) is 9.79. The Morgan fingerprint density at radius 2 is 1.90 bits per heavy atom. The van der Waals surface area contributed by atoms with E-state index in [1.807, 2.05) is 0 Å². The molecule has 2 aromatic heterocycles. The first-order valence-corrected chi connectivity index (χ1v) is 5.72. The van der Waals surface area contributed by atoms with Gasteiger partial charge in [-0.3, -0.25) is 4.79 Å². The standard InChI is InChI=1S/C11H6ClF3N4O2/c12-8-7(16-3-4-17-8)10(21)18-5-1-2-6(11(13,14)15)19-9(5)20/h1-4H,(H,18,21)(H,19,20). The summed E-state index contributed by atoms with van der Waals surface area (Å²) in [6.07, 6.45) is -2.23. The number of aromatic hydroxyl groups is 1. The zero-order valence-corrected chi connectivity index (χ0v) is 10.8. The quantitative estimate of drug-likeness (QED) is 0.888. The van der Waals surface area contributed by atoms with Crippen LogP contribution in [0.3, 0.4) is 0 Å². The van der Waals surface area contributed by atoms with Crippen LogP contribution in [-0.4, -0.2) is 26.0 Å². The second kappa shape index (κ2) is 5.52. The smallest absolute Gasteiger partial charge is 0.433 e. The summed E-state index contributed by atoms with van der Waals surface area (Å²) in [5.41, 5.74) is -1.83. The molecule has 2 N–H and O–H groups in total. The second-order valence-corrected chi connectivity index (χ2v) is 4.07. The van der Waals surface area contributed by atoms with Gasteiger partial charge in [0.15, 0.2) is 10.8 Å². The van der Waals surface area contributed by atoms with E-state index < -0.39 is 23.7 Å². The summed E-state index contributed by atoms with van der Waals surface area (Å²) in [6, 6.07) is 1.49. The van der Waals surface area contributed by atoms with Crippen LogP contribution in [0.4, 0.5) is 18.9 Å². The first-order valence-electron chi connectivity index (χ1n) is 5.34. The Morgan fingerprint density at radius 3 is 2.48 bits per heavy atom. The van der Waals surface area contributed by atoms with E-state index in [9.17, 15) is 23.1 Å². The first kappa shape index (κ1) is 15.0. The molecule has 0 aromatic carbocycles. The van der Waals surface area contributed by atoms with Crippen molar-refractivity contribution in [2.75, 3.05) is 5.32 Å². The fourth-order valence-electron chi connectivity index (χ4n) is 1.36. The third kappa shape index (κ3) is 3.37. The fourth-order valence-corrected chi connectivity index (χ4v) is 1.55. The van der Waals surface area contributed by atoms with Crippen LogP contribution in [0, 0.1) is 0 Å². The van der Waals surface area contributed by atoms with Gasteiger partial charge >= 0.3 is 6.18 Å². The minimum atomic E-state index is -4.70. The normalized spacial score (nSPS) is 11.2. The predicted molar refractivity (Wildman–Crippen MR) is 65.9 cm³/mol. The largest absolute Gasteiger partial charge is 0.492 e. The summed E-state index contributed by atoms with van der Waals surface area (Å²) in [7, 11) is 0. The minimum Gasteiger partial charge on any atom is -0.492 e. The molecule has 0 radical (unpaired) electrons. The zero-order chi connectivity index (χ0) is 15.6. The van der Waals surface area contributed by atoms with Crippen LogP contribution < -0.4 is 5.32 Å². The Hall–Kier alpha value is -2.42. The molecule has 110 valence electrons. The average molecular weight is 319 g/mol. The lowest BCUT2D eigenvalue weighted by molar-refractivity contribution is -0.141. The van der Waals surface area contributed by atoms with Crippen molar-refractivity contribution in [2.24, 2.45) is 0 Å². The number of alkyl halides is 3. The molecule has 0 bridgehead atoms. The molecule has 0 aliphatic heterocycles. The molecule has 0 atom stereocenters. The molecule has 0 spiro atoms. The fraction of sp³-hybridized carbons (Fsp3) is 0.0909. The SMILES string of the molecule is O=C(Nc1ccc(C(F)(F)F)nc1O)c1nccnc1Cl. The van der Waals surface area contributed by atoms with Gasteiger partial charge in [0.05, 0.1) is 0 Å². The molecule has 2 rings (SSSR count). The molecule has 6 nitrogen and oxygen atoms in total. The van der Waals surface area contributed by atoms with E-state index >= 15 is 0 Å². The lowest BCUT2D eigenvalue weighted by Gasteiger charge is -2.09. The van der Waals surface area contributed by atoms with Gasteiger partial charge in [0.2, 0.25) is 5.88 Å². The zero-order valence-electron chi connectivity index (χ0n) is 10.0. The van der Waals surface area contributed by atoms with E-state index in [2.05, 4.69) is 20.3 Å². The van der Waals surface area contributed by atoms with Gasteiger partial charge in [-0.15, -0.1) is 0 Å². The van der Waals surface area contributed by atoms with Gasteiger partial charge in [0, 0.05) is 12.4 Å². The van der Waals surface area contributed by atoms with Crippen LogP contribution in [0.2, 0.25) is 5.15 Å². The highest BCUT2D eigenvalue weighted by molar-refractivity contribution is 6.32. The third-order valence-electron chi connectivity index (χ3n) is 2.28. The Morgan fingerprint density at radius 1 is 1.24 bits per heavy atom. The second-order valence-electron chi connectivity index (χ2n) is 3.72. The van der Waals surface area contributed by atoms with Crippen molar-refractivity contribution >= 4 is 23.2 Å². The van der Waals surface area contributed by atoms with Crippen LogP contribution in [0.15, 0.2) is 24.5 Å². The van der Waals surface area contributed by atoms with Crippen molar-refractivity contribution in [1.82, 2.24) is 15.0 Å². The molecule has 0 unspecified atom stereocenters. The number of anilines is 1. The van der Waals surface area contributed by atoms with Crippen LogP contribution in [-0.2, 0) is 6.18 Å². The van der Waals surface area contributed by atoms with Crippen molar-refractivity contribution < 1.29 is 23.1 Å². The van der Waals surface area contributed by atoms with E-state index in [0.29, 0.717) is 6.07 Å². The number of rotatable bonds is 2. The molecule has 1 amide bonds. The number of nitrogens with one attached hydrogen (secondary N) is 1. The summed E-state index contributed by atoms with van der Waals surface area (Å²) < 4.78 is 37.1. The lowest BCUT2D eigenvalue weighted by Crippen LogP contribution is -2.16. The van der Waals surface area contributed by atoms with E-state index in [1.165, 1.54) is 12.4 Å². The van der Waals surface area contributed by atoms with Gasteiger partial charge < -0.3 is 10.4 Å². The van der Waals surface area contributed by atoms with E-state index in [4.69, 9.17) is 11.6 Å². The highest BCUT2D eigenvalue weighted by atomic mass is 35.5. The van der Waals surface area contributed by atoms with Gasteiger partial charge in [-0.25, -0.2) is 15.0 Å². The van der Waals surface area contributed by atoms with Crippen molar-refractivity contribution in [3.8, 4) is 5.88 Å². The molecular weight excluding hydrogens is 313 g/mol. The number of aromatic nitrogens is 3. The molecule has 0 aliphatic carbocycles. The maximum atomic E-state index is 12.4. The molecule has 0 aliphatic rings. The average Bonchev–Trinajstić information content (AvgIpc) is 2.40. The highest BCUT2D eigenvalue weighted by Gasteiger charge is 2.33. The van der Waals surface area contributed by atoms with E-state index in [0.717, 1.165) is 6.07 Å². The Labute approximate surface area is 120 Å². The van der Waals surface area contributed by atoms with Gasteiger partial charge in [-0.1, -0.05) is 11.6 Å². The van der Waals surface area contributed by atoms with Crippen molar-refractivity contribution in [3.05, 3.63) is 41.1 Å². The molecule has 0 fully saturated rings. The number of carbonyl (C=O) groups is 1. The van der Waals surface area contributed by atoms with Crippen LogP contribution in [0.1, 0.15) is 16.2 Å². The Bertz CT molecular complexity index is 693. The third-order valence-corrected chi connectivity index (χ3v) is 2.56. The van der Waals surface area contributed by atoms with Gasteiger partial charge in [0.25, 0.3) is 5.91 Å². The highest BCUT2D eigenvalue weighted by Crippen LogP contribution is 2.31. The predicted octanol–water partition coefficient (Wildman–Crippen LogP) is 2.50. The lowest BCUT2D eigenvalue weighted by atomic mass is 10.3. The number of pyridine rings is 1. The summed E-state index contributed by atoms with van der Waals surface area (Å²) in [5.74, 6) is -1.82. The van der Waals surface area contributed by atoms with Gasteiger partial charge in [0.1, 0.15) is 11.4 Å². The van der Waals surface area contributed by atoms with Crippen LogP contribution >= 0.6 is 11.6 Å². The monoisotopic (exact) mass is 318 g/mol. The number of halogens is 4. The minimum absolute atomic E-state index is 0.186. The Kier molecular flexibility index (Phi) is 3.94. The van der Waals surface area contributed by atoms with Crippen molar-refractivity contribution in [3.63, 3.8) is 0 Å². The number of nitrogens with zero attached hydrogens (tertiary/aromatic N) is 3. The van der Waals surface area contributed by atoms with Crippen molar-refractivity contribution in [2.45, 2.75) is 6.18 Å². The number of amides is 1. The Balaban J connectivity index is 2.25. The van der Waals surface area contributed by atoms with Crippen LogP contribution in [0.5, 0.6) is 5.88 Å². The maximum absolute atomic E-state index is 12.4. The van der Waals surface area contributed by atoms with Crippen molar-refractivity contribution in [1.29, 1.82) is 0 Å². The number of hydrogen-bond acceptors (Lipinski definition) is 5. The number of carbonyl (C=O) groups excluding carboxylic acids is 1. The molecular formula is C11H6ClF3N4O2. The van der Waals surface area contributed by atoms with Gasteiger partial charge in [-0.2, -0.15) is 13.2 Å². The molecule has 2 aromatic rings. The van der Waals surface area contributed by atoms with E-state index in [1.54, 1.807) is 0 Å². The topological polar surface area (TPSA) is 88.0 Å². The molecule has 10 heteroatoms. The summed E-state index contributed by atoms with van der Waals surface area (Å²) in [4.78, 5) is 22.1. The van der Waals surface area contributed by atoms with Crippen LogP contribution in [0.25, 0.3) is 0 Å². The van der Waals surface area contributed by atoms with Gasteiger partial charge in [-0.05, 0) is 12.1 Å². The molecule has 21 heavy (non-hydrogen) atoms. The molecule has 0 saturated carbocycles. The van der Waals surface area contributed by atoms with E-state index in [-0.39, 0.29) is 16.5 Å². The maximum Gasteiger partial charge on any atom is 0.433 e. The molecule has 0 saturated heterocycles. The summed E-state index contributed by atoms with van der Waals surface area (Å²) in [5, 5.41) is 11.4. The summed E-state index contributed by atoms with van der Waals surface area (Å²) >= 11 is 5.65. The summed E-state index contributed by atoms with van der Waals surface area (Å²) in [6.45, 7) is 0. The number of hydrogen-bond donors (Lipinski definition) is 2. The molecule has 2 heterocycles.